The fraction of sp³-hybridized carbons (Fsp3) is 0.200. The smallest absolute Gasteiger partial charge is 0.357 e. The molecule has 0 fully saturated rings. The third kappa shape index (κ3) is 2.59. The number of aryl methyl sites for hydroxylation is 1. The van der Waals surface area contributed by atoms with Crippen LogP contribution in [-0.4, -0.2) is 32.3 Å². The van der Waals surface area contributed by atoms with Gasteiger partial charge in [-0.2, -0.15) is 5.10 Å². The highest BCUT2D eigenvalue weighted by molar-refractivity contribution is 9.10. The summed E-state index contributed by atoms with van der Waals surface area (Å²) in [6.45, 7) is 2.05. The van der Waals surface area contributed by atoms with E-state index in [9.17, 15) is 4.79 Å². The number of nitrogens with zero attached hydrogens (tertiary/aromatic N) is 4. The Labute approximate surface area is 135 Å². The molecule has 0 unspecified atom stereocenters. The van der Waals surface area contributed by atoms with Crippen LogP contribution in [0, 0.1) is 0 Å². The Balaban J connectivity index is 2.23. The van der Waals surface area contributed by atoms with Gasteiger partial charge in [0, 0.05) is 17.1 Å². The van der Waals surface area contributed by atoms with Crippen LogP contribution in [0.1, 0.15) is 17.4 Å². The van der Waals surface area contributed by atoms with Crippen molar-refractivity contribution in [2.24, 2.45) is 7.05 Å². The normalized spacial score (nSPS) is 10.9. The van der Waals surface area contributed by atoms with Gasteiger partial charge in [0.25, 0.3) is 0 Å². The van der Waals surface area contributed by atoms with Crippen LogP contribution in [0.25, 0.3) is 22.4 Å². The molecule has 0 radical (unpaired) electrons. The Morgan fingerprint density at radius 1 is 1.36 bits per heavy atom. The second-order valence-electron chi connectivity index (χ2n) is 4.63. The number of esters is 1. The predicted octanol–water partition coefficient (Wildman–Crippen LogP) is 2.97. The van der Waals surface area contributed by atoms with Crippen LogP contribution >= 0.6 is 15.9 Å². The molecule has 0 aliphatic rings. The van der Waals surface area contributed by atoms with Gasteiger partial charge in [-0.25, -0.2) is 14.8 Å². The first-order chi connectivity index (χ1) is 10.6. The van der Waals surface area contributed by atoms with Gasteiger partial charge in [-0.15, -0.1) is 0 Å². The fourth-order valence-electron chi connectivity index (χ4n) is 2.13. The first kappa shape index (κ1) is 14.6. The molecule has 22 heavy (non-hydrogen) atoms. The van der Waals surface area contributed by atoms with E-state index in [1.165, 1.54) is 0 Å². The van der Waals surface area contributed by atoms with E-state index in [0.29, 0.717) is 16.9 Å². The average molecular weight is 361 g/mol. The number of aromatic nitrogens is 4. The van der Waals surface area contributed by atoms with Crippen LogP contribution in [0.15, 0.2) is 34.9 Å². The Morgan fingerprint density at radius 3 is 2.91 bits per heavy atom. The van der Waals surface area contributed by atoms with Crippen LogP contribution in [0.2, 0.25) is 0 Å². The lowest BCUT2D eigenvalue weighted by Gasteiger charge is -2.06. The van der Waals surface area contributed by atoms with Crippen molar-refractivity contribution in [3.63, 3.8) is 0 Å². The van der Waals surface area contributed by atoms with Crippen molar-refractivity contribution in [1.29, 1.82) is 0 Å². The Kier molecular flexibility index (Phi) is 3.89. The van der Waals surface area contributed by atoms with E-state index in [1.807, 2.05) is 24.3 Å². The van der Waals surface area contributed by atoms with Gasteiger partial charge in [-0.1, -0.05) is 28.1 Å². The van der Waals surface area contributed by atoms with Crippen LogP contribution in [0.4, 0.5) is 0 Å². The molecule has 0 N–H and O–H groups in total. The number of halogens is 1. The molecule has 0 aliphatic carbocycles. The van der Waals surface area contributed by atoms with Gasteiger partial charge in [0.05, 0.1) is 18.2 Å². The number of hydrogen-bond donors (Lipinski definition) is 0. The highest BCUT2D eigenvalue weighted by atomic mass is 79.9. The summed E-state index contributed by atoms with van der Waals surface area (Å²) in [7, 11) is 1.77. The van der Waals surface area contributed by atoms with Crippen molar-refractivity contribution < 1.29 is 9.53 Å². The fourth-order valence-corrected chi connectivity index (χ4v) is 2.53. The average Bonchev–Trinajstić information content (AvgIpc) is 2.88. The molecule has 0 spiro atoms. The summed E-state index contributed by atoms with van der Waals surface area (Å²) in [5.74, 6) is -0.0143. The van der Waals surface area contributed by atoms with Crippen molar-refractivity contribution in [2.45, 2.75) is 6.92 Å². The number of carbonyl (C=O) groups is 1. The minimum Gasteiger partial charge on any atom is -0.461 e. The molecule has 0 amide bonds. The van der Waals surface area contributed by atoms with Gasteiger partial charge >= 0.3 is 5.97 Å². The summed E-state index contributed by atoms with van der Waals surface area (Å²) in [5.41, 5.74) is 1.63. The summed E-state index contributed by atoms with van der Waals surface area (Å²) in [6.07, 6.45) is 1.58. The Bertz CT molecular complexity index is 860. The first-order valence-corrected chi connectivity index (χ1v) is 7.52. The van der Waals surface area contributed by atoms with E-state index in [0.717, 1.165) is 10.0 Å². The number of hydrogen-bond acceptors (Lipinski definition) is 5. The summed E-state index contributed by atoms with van der Waals surface area (Å²) < 4.78 is 7.61. The Morgan fingerprint density at radius 2 is 2.18 bits per heavy atom. The number of ether oxygens (including phenoxy) is 1. The van der Waals surface area contributed by atoms with Crippen molar-refractivity contribution in [3.8, 4) is 11.4 Å². The van der Waals surface area contributed by atoms with E-state index in [1.54, 1.807) is 24.9 Å². The summed E-state index contributed by atoms with van der Waals surface area (Å²) >= 11 is 3.42. The highest BCUT2D eigenvalue weighted by Gasteiger charge is 2.19. The van der Waals surface area contributed by atoms with Gasteiger partial charge in [-0.05, 0) is 19.1 Å². The molecule has 7 heteroatoms. The van der Waals surface area contributed by atoms with Crippen molar-refractivity contribution in [1.82, 2.24) is 19.7 Å². The molecule has 0 saturated heterocycles. The molecular weight excluding hydrogens is 348 g/mol. The van der Waals surface area contributed by atoms with E-state index in [-0.39, 0.29) is 12.3 Å². The lowest BCUT2D eigenvalue weighted by molar-refractivity contribution is 0.0522. The van der Waals surface area contributed by atoms with Gasteiger partial charge < -0.3 is 4.74 Å². The van der Waals surface area contributed by atoms with Crippen LogP contribution in [0.5, 0.6) is 0 Å². The number of fused-ring (bicyclic) bond motifs is 1. The maximum atomic E-state index is 12.2. The van der Waals surface area contributed by atoms with Crippen molar-refractivity contribution >= 4 is 32.9 Å². The standard InChI is InChI=1S/C15H13BrN4O2/c1-3-22-15(21)12-11-8-17-20(2)14(11)19-13(18-12)9-5-4-6-10(16)7-9/h4-8H,3H2,1-2H3. The Hall–Kier alpha value is -2.28. The molecular formula is C15H13BrN4O2. The molecule has 0 aliphatic heterocycles. The molecule has 2 heterocycles. The number of rotatable bonds is 3. The second-order valence-corrected chi connectivity index (χ2v) is 5.55. The third-order valence-electron chi connectivity index (χ3n) is 3.14. The first-order valence-electron chi connectivity index (χ1n) is 6.73. The minimum absolute atomic E-state index is 0.231. The highest BCUT2D eigenvalue weighted by Crippen LogP contribution is 2.24. The van der Waals surface area contributed by atoms with E-state index < -0.39 is 5.97 Å². The van der Waals surface area contributed by atoms with Crippen molar-refractivity contribution in [3.05, 3.63) is 40.6 Å². The molecule has 112 valence electrons. The number of benzene rings is 1. The molecule has 0 atom stereocenters. The molecule has 6 nitrogen and oxygen atoms in total. The lowest BCUT2D eigenvalue weighted by atomic mass is 10.2. The van der Waals surface area contributed by atoms with E-state index >= 15 is 0 Å². The molecule has 3 rings (SSSR count). The zero-order valence-corrected chi connectivity index (χ0v) is 13.7. The molecule has 3 aromatic rings. The molecule has 2 aromatic heterocycles. The molecule has 1 aromatic carbocycles. The summed E-state index contributed by atoms with van der Waals surface area (Å²) in [6, 6.07) is 7.59. The van der Waals surface area contributed by atoms with Gasteiger partial charge in [-0.3, -0.25) is 4.68 Å². The van der Waals surface area contributed by atoms with Crippen LogP contribution in [0.3, 0.4) is 0 Å². The van der Waals surface area contributed by atoms with Crippen LogP contribution < -0.4 is 0 Å². The maximum Gasteiger partial charge on any atom is 0.357 e. The van der Waals surface area contributed by atoms with Crippen LogP contribution in [-0.2, 0) is 11.8 Å². The second kappa shape index (κ2) is 5.84. The number of carbonyl (C=O) groups excluding carboxylic acids is 1. The zero-order chi connectivity index (χ0) is 15.7. The lowest BCUT2D eigenvalue weighted by Crippen LogP contribution is -2.10. The van der Waals surface area contributed by atoms with E-state index in [4.69, 9.17) is 4.74 Å². The SMILES string of the molecule is CCOC(=O)c1nc(-c2cccc(Br)c2)nc2c1cnn2C. The van der Waals surface area contributed by atoms with Gasteiger partial charge in [0.1, 0.15) is 0 Å². The van der Waals surface area contributed by atoms with Gasteiger partial charge in [0.15, 0.2) is 17.2 Å². The zero-order valence-electron chi connectivity index (χ0n) is 12.1. The monoisotopic (exact) mass is 360 g/mol. The predicted molar refractivity (Wildman–Crippen MR) is 85.4 cm³/mol. The quantitative estimate of drug-likeness (QED) is 0.671. The minimum atomic E-state index is -0.473. The topological polar surface area (TPSA) is 69.9 Å². The summed E-state index contributed by atoms with van der Waals surface area (Å²) in [4.78, 5) is 21.1. The maximum absolute atomic E-state index is 12.2. The van der Waals surface area contributed by atoms with E-state index in [2.05, 4.69) is 31.0 Å². The summed E-state index contributed by atoms with van der Waals surface area (Å²) in [5, 5.41) is 4.73. The van der Waals surface area contributed by atoms with Gasteiger partial charge in [0.2, 0.25) is 0 Å². The molecule has 0 bridgehead atoms. The van der Waals surface area contributed by atoms with Crippen molar-refractivity contribution in [2.75, 3.05) is 6.61 Å². The molecule has 0 saturated carbocycles. The third-order valence-corrected chi connectivity index (χ3v) is 3.64. The largest absolute Gasteiger partial charge is 0.461 e.